The second-order valence-corrected chi connectivity index (χ2v) is 7.24. The zero-order valence-corrected chi connectivity index (χ0v) is 14.0. The first kappa shape index (κ1) is 15.2. The van der Waals surface area contributed by atoms with Crippen LogP contribution in [0.2, 0.25) is 5.02 Å². The molecule has 2 nitrogen and oxygen atoms in total. The van der Waals surface area contributed by atoms with Gasteiger partial charge in [0, 0.05) is 41.9 Å². The third-order valence-electron chi connectivity index (χ3n) is 5.18. The van der Waals surface area contributed by atoms with Gasteiger partial charge in [0.15, 0.2) is 0 Å². The molecule has 2 fully saturated rings. The molecule has 0 heterocycles. The maximum Gasteiger partial charge on any atom is 0.0471 e. The fraction of sp³-hybridized carbons (Fsp3) is 0.667. The summed E-state index contributed by atoms with van der Waals surface area (Å²) in [5.74, 6) is 0.770. The molecule has 0 saturated heterocycles. The number of nitrogens with one attached hydrogen (secondary N) is 1. The highest BCUT2D eigenvalue weighted by Crippen LogP contribution is 2.34. The molecule has 2 saturated carbocycles. The van der Waals surface area contributed by atoms with Gasteiger partial charge in [0.1, 0.15) is 0 Å². The lowest BCUT2D eigenvalue weighted by Gasteiger charge is -2.38. The Hall–Kier alpha value is -0.730. The highest BCUT2D eigenvalue weighted by molar-refractivity contribution is 6.31. The molecule has 1 aromatic rings. The Morgan fingerprint density at radius 2 is 1.95 bits per heavy atom. The predicted molar refractivity (Wildman–Crippen MR) is 91.1 cm³/mol. The number of hydrogen-bond donors (Lipinski definition) is 1. The maximum atomic E-state index is 6.49. The Labute approximate surface area is 133 Å². The third kappa shape index (κ3) is 3.54. The Balaban J connectivity index is 1.80. The molecule has 2 unspecified atom stereocenters. The van der Waals surface area contributed by atoms with Crippen molar-refractivity contribution in [3.63, 3.8) is 0 Å². The molecular formula is C18H27ClN2. The number of hydrogen-bond acceptors (Lipinski definition) is 2. The third-order valence-corrected chi connectivity index (χ3v) is 5.54. The molecule has 0 spiro atoms. The van der Waals surface area contributed by atoms with Crippen molar-refractivity contribution < 1.29 is 0 Å². The molecule has 2 aliphatic carbocycles. The van der Waals surface area contributed by atoms with Crippen LogP contribution in [0.15, 0.2) is 18.2 Å². The van der Waals surface area contributed by atoms with E-state index in [0.29, 0.717) is 12.1 Å². The van der Waals surface area contributed by atoms with Crippen LogP contribution in [-0.4, -0.2) is 19.1 Å². The highest BCUT2D eigenvalue weighted by atomic mass is 35.5. The fourth-order valence-electron chi connectivity index (χ4n) is 3.64. The monoisotopic (exact) mass is 306 g/mol. The summed E-state index contributed by atoms with van der Waals surface area (Å²) >= 11 is 6.49. The minimum atomic E-state index is 0.650. The lowest BCUT2D eigenvalue weighted by Crippen LogP contribution is -2.39. The van der Waals surface area contributed by atoms with E-state index in [1.165, 1.54) is 49.8 Å². The zero-order chi connectivity index (χ0) is 14.8. The minimum absolute atomic E-state index is 0.650. The molecule has 3 rings (SSSR count). The van der Waals surface area contributed by atoms with E-state index >= 15 is 0 Å². The van der Waals surface area contributed by atoms with Crippen LogP contribution in [0, 0.1) is 5.92 Å². The summed E-state index contributed by atoms with van der Waals surface area (Å²) in [6.45, 7) is 3.29. The normalized spacial score (nSPS) is 25.9. The molecule has 1 N–H and O–H groups in total. The predicted octanol–water partition coefficient (Wildman–Crippen LogP) is 4.61. The highest BCUT2D eigenvalue weighted by Gasteiger charge is 2.27. The largest absolute Gasteiger partial charge is 0.371 e. The molecule has 0 radical (unpaired) electrons. The van der Waals surface area contributed by atoms with E-state index in [9.17, 15) is 0 Å². The summed E-state index contributed by atoms with van der Waals surface area (Å²) in [5, 5.41) is 4.51. The topological polar surface area (TPSA) is 15.3 Å². The van der Waals surface area contributed by atoms with Gasteiger partial charge in [-0.15, -0.1) is 0 Å². The summed E-state index contributed by atoms with van der Waals surface area (Å²) < 4.78 is 0. The Morgan fingerprint density at radius 1 is 1.19 bits per heavy atom. The van der Waals surface area contributed by atoms with Gasteiger partial charge in [0.05, 0.1) is 0 Å². The average Bonchev–Trinajstić information content (AvgIpc) is 3.30. The smallest absolute Gasteiger partial charge is 0.0471 e. The average molecular weight is 307 g/mol. The lowest BCUT2D eigenvalue weighted by molar-refractivity contribution is 0.321. The van der Waals surface area contributed by atoms with Crippen molar-refractivity contribution in [3.8, 4) is 0 Å². The number of halogens is 1. The molecule has 0 amide bonds. The van der Waals surface area contributed by atoms with E-state index in [0.717, 1.165) is 17.5 Å². The van der Waals surface area contributed by atoms with Crippen LogP contribution in [0.4, 0.5) is 5.69 Å². The number of anilines is 1. The number of nitrogens with zero attached hydrogens (tertiary/aromatic N) is 1. The Morgan fingerprint density at radius 3 is 2.67 bits per heavy atom. The van der Waals surface area contributed by atoms with Crippen LogP contribution in [0.3, 0.4) is 0 Å². The van der Waals surface area contributed by atoms with Gasteiger partial charge in [0.2, 0.25) is 0 Å². The number of benzene rings is 1. The van der Waals surface area contributed by atoms with Crippen LogP contribution in [0.1, 0.15) is 51.0 Å². The van der Waals surface area contributed by atoms with E-state index < -0.39 is 0 Å². The summed E-state index contributed by atoms with van der Waals surface area (Å²) in [7, 11) is 2.25. The summed E-state index contributed by atoms with van der Waals surface area (Å²) in [6, 6.07) is 7.71. The SMILES string of the molecule is CC1CCCCC1N(C)c1cccc(Cl)c1CNC1CC1. The van der Waals surface area contributed by atoms with Gasteiger partial charge in [-0.25, -0.2) is 0 Å². The van der Waals surface area contributed by atoms with E-state index in [4.69, 9.17) is 11.6 Å². The van der Waals surface area contributed by atoms with Crippen molar-refractivity contribution in [2.45, 2.75) is 64.1 Å². The van der Waals surface area contributed by atoms with Gasteiger partial charge < -0.3 is 10.2 Å². The van der Waals surface area contributed by atoms with Crippen molar-refractivity contribution in [2.24, 2.45) is 5.92 Å². The molecule has 3 heteroatoms. The molecule has 2 aliphatic rings. The van der Waals surface area contributed by atoms with Gasteiger partial charge >= 0.3 is 0 Å². The quantitative estimate of drug-likeness (QED) is 0.855. The van der Waals surface area contributed by atoms with Crippen LogP contribution in [-0.2, 0) is 6.54 Å². The standard InChI is InChI=1S/C18H27ClN2/c1-13-6-3-4-8-17(13)21(2)18-9-5-7-16(19)15(18)12-20-14-10-11-14/h5,7,9,13-14,17,20H,3-4,6,8,10-12H2,1-2H3. The van der Waals surface area contributed by atoms with Crippen molar-refractivity contribution in [3.05, 3.63) is 28.8 Å². The molecule has 0 aromatic heterocycles. The van der Waals surface area contributed by atoms with Gasteiger partial charge in [-0.2, -0.15) is 0 Å². The van der Waals surface area contributed by atoms with Crippen molar-refractivity contribution in [1.29, 1.82) is 0 Å². The molecule has 0 aliphatic heterocycles. The molecule has 0 bridgehead atoms. The van der Waals surface area contributed by atoms with Gasteiger partial charge in [0.25, 0.3) is 0 Å². The van der Waals surface area contributed by atoms with Crippen LogP contribution >= 0.6 is 11.6 Å². The lowest BCUT2D eigenvalue weighted by atomic mass is 9.84. The zero-order valence-electron chi connectivity index (χ0n) is 13.2. The molecule has 2 atom stereocenters. The maximum absolute atomic E-state index is 6.49. The molecule has 116 valence electrons. The molecule has 21 heavy (non-hydrogen) atoms. The van der Waals surface area contributed by atoms with Crippen LogP contribution in [0.25, 0.3) is 0 Å². The Bertz CT molecular complexity index is 484. The van der Waals surface area contributed by atoms with E-state index in [-0.39, 0.29) is 0 Å². The summed E-state index contributed by atoms with van der Waals surface area (Å²) in [6.07, 6.45) is 8.03. The summed E-state index contributed by atoms with van der Waals surface area (Å²) in [5.41, 5.74) is 2.58. The fourth-order valence-corrected chi connectivity index (χ4v) is 3.87. The van der Waals surface area contributed by atoms with Crippen molar-refractivity contribution in [1.82, 2.24) is 5.32 Å². The second kappa shape index (κ2) is 6.58. The number of rotatable bonds is 5. The van der Waals surface area contributed by atoms with Crippen LogP contribution in [0.5, 0.6) is 0 Å². The Kier molecular flexibility index (Phi) is 4.75. The van der Waals surface area contributed by atoms with E-state index in [1.54, 1.807) is 0 Å². The molecule has 1 aromatic carbocycles. The summed E-state index contributed by atoms with van der Waals surface area (Å²) in [4.78, 5) is 2.49. The van der Waals surface area contributed by atoms with Crippen molar-refractivity contribution >= 4 is 17.3 Å². The first-order valence-corrected chi connectivity index (χ1v) is 8.78. The van der Waals surface area contributed by atoms with Crippen molar-refractivity contribution in [2.75, 3.05) is 11.9 Å². The first-order valence-electron chi connectivity index (χ1n) is 8.40. The first-order chi connectivity index (χ1) is 10.2. The van der Waals surface area contributed by atoms with E-state index in [1.807, 2.05) is 6.07 Å². The molecular weight excluding hydrogens is 280 g/mol. The van der Waals surface area contributed by atoms with Gasteiger partial charge in [-0.05, 0) is 43.7 Å². The minimum Gasteiger partial charge on any atom is -0.371 e. The van der Waals surface area contributed by atoms with Gasteiger partial charge in [-0.1, -0.05) is 37.4 Å². The van der Waals surface area contributed by atoms with Crippen LogP contribution < -0.4 is 10.2 Å². The van der Waals surface area contributed by atoms with Gasteiger partial charge in [-0.3, -0.25) is 0 Å². The second-order valence-electron chi connectivity index (χ2n) is 6.83. The van der Waals surface area contributed by atoms with E-state index in [2.05, 4.69) is 36.3 Å².